The Labute approximate surface area is 171 Å². The highest BCUT2D eigenvalue weighted by molar-refractivity contribution is 6.33. The minimum Gasteiger partial charge on any atom is -0.496 e. The molecule has 0 atom stereocenters. The van der Waals surface area contributed by atoms with Crippen LogP contribution in [0.25, 0.3) is 5.69 Å². The van der Waals surface area contributed by atoms with Crippen molar-refractivity contribution in [3.63, 3.8) is 0 Å². The minimum absolute atomic E-state index is 0.0115. The van der Waals surface area contributed by atoms with Gasteiger partial charge in [-0.25, -0.2) is 0 Å². The van der Waals surface area contributed by atoms with E-state index in [4.69, 9.17) is 16.3 Å². The lowest BCUT2D eigenvalue weighted by Crippen LogP contribution is -2.41. The van der Waals surface area contributed by atoms with Crippen LogP contribution >= 0.6 is 11.6 Å². The zero-order valence-electron chi connectivity index (χ0n) is 16.4. The Balaban J connectivity index is 1.45. The highest BCUT2D eigenvalue weighted by Gasteiger charge is 2.28. The van der Waals surface area contributed by atoms with Gasteiger partial charge in [-0.05, 0) is 62.9 Å². The summed E-state index contributed by atoms with van der Waals surface area (Å²) in [6.07, 6.45) is 8.65. The van der Waals surface area contributed by atoms with Gasteiger partial charge in [0.2, 0.25) is 0 Å². The van der Waals surface area contributed by atoms with Crippen LogP contribution in [0.5, 0.6) is 5.75 Å². The summed E-state index contributed by atoms with van der Waals surface area (Å²) in [6, 6.07) is 7.46. The van der Waals surface area contributed by atoms with Gasteiger partial charge in [0.25, 0.3) is 5.91 Å². The summed E-state index contributed by atoms with van der Waals surface area (Å²) in [5.74, 6) is 1.28. The molecule has 0 aliphatic carbocycles. The lowest BCUT2D eigenvalue weighted by atomic mass is 9.95. The fourth-order valence-corrected chi connectivity index (χ4v) is 4.65. The number of carbonyl (C=O) groups is 1. The largest absolute Gasteiger partial charge is 0.496 e. The zero-order valence-corrected chi connectivity index (χ0v) is 17.2. The van der Waals surface area contributed by atoms with E-state index >= 15 is 0 Å². The van der Waals surface area contributed by atoms with E-state index in [-0.39, 0.29) is 5.91 Å². The minimum atomic E-state index is 0.0115. The molecule has 150 valence electrons. The second-order valence-corrected chi connectivity index (χ2v) is 8.24. The van der Waals surface area contributed by atoms with E-state index in [9.17, 15) is 4.79 Å². The Bertz CT molecular complexity index is 807. The summed E-state index contributed by atoms with van der Waals surface area (Å²) in [7, 11) is 1.60. The molecule has 0 radical (unpaired) electrons. The summed E-state index contributed by atoms with van der Waals surface area (Å²) in [5.41, 5.74) is 1.35. The van der Waals surface area contributed by atoms with Gasteiger partial charge in [-0.2, -0.15) is 0 Å². The molecule has 2 fully saturated rings. The number of hydrogen-bond donors (Lipinski definition) is 0. The molecule has 1 aromatic heterocycles. The molecule has 5 nitrogen and oxygen atoms in total. The summed E-state index contributed by atoms with van der Waals surface area (Å²) < 4.78 is 7.45. The number of ether oxygens (including phenoxy) is 1. The van der Waals surface area contributed by atoms with Crippen molar-refractivity contribution in [3.05, 3.63) is 47.2 Å². The molecule has 2 aliphatic heterocycles. The third kappa shape index (κ3) is 4.06. The fourth-order valence-electron chi connectivity index (χ4n) is 4.39. The number of halogens is 1. The van der Waals surface area contributed by atoms with Gasteiger partial charge in [-0.15, -0.1) is 0 Å². The van der Waals surface area contributed by atoms with E-state index in [0.717, 1.165) is 31.6 Å². The lowest BCUT2D eigenvalue weighted by molar-refractivity contribution is 0.0669. The molecule has 0 saturated carbocycles. The van der Waals surface area contributed by atoms with Crippen LogP contribution in [-0.2, 0) is 0 Å². The molecule has 2 aromatic rings. The van der Waals surface area contributed by atoms with Crippen molar-refractivity contribution in [1.82, 2.24) is 14.4 Å². The normalized spacial score (nSPS) is 18.6. The van der Waals surface area contributed by atoms with Gasteiger partial charge in [0.15, 0.2) is 0 Å². The van der Waals surface area contributed by atoms with Crippen molar-refractivity contribution in [2.24, 2.45) is 5.92 Å². The Morgan fingerprint density at radius 2 is 1.79 bits per heavy atom. The molecule has 28 heavy (non-hydrogen) atoms. The number of likely N-dealkylation sites (tertiary alicyclic amines) is 2. The third-order valence-electron chi connectivity index (χ3n) is 6.00. The number of piperidine rings is 1. The molecule has 2 saturated heterocycles. The lowest BCUT2D eigenvalue weighted by Gasteiger charge is -2.34. The topological polar surface area (TPSA) is 37.7 Å². The molecule has 1 aromatic carbocycles. The standard InChI is InChI=1S/C22H28ClN3O2/c1-28-21-15-20(25-10-4-5-11-25)19(23)14-18(21)22(27)26-12-6-17(7-13-26)16-24-8-2-3-9-24/h4-5,10-11,14-15,17H,2-3,6-9,12-13,16H2,1H3. The van der Waals surface area contributed by atoms with E-state index in [1.807, 2.05) is 40.1 Å². The number of carbonyl (C=O) groups excluding carboxylic acids is 1. The van der Waals surface area contributed by atoms with Gasteiger partial charge in [0.1, 0.15) is 5.75 Å². The summed E-state index contributed by atoms with van der Waals surface area (Å²) in [5, 5.41) is 0.546. The quantitative estimate of drug-likeness (QED) is 0.757. The number of aromatic nitrogens is 1. The van der Waals surface area contributed by atoms with Crippen molar-refractivity contribution in [1.29, 1.82) is 0 Å². The number of methoxy groups -OCH3 is 1. The zero-order chi connectivity index (χ0) is 19.5. The van der Waals surface area contributed by atoms with E-state index in [1.54, 1.807) is 13.2 Å². The third-order valence-corrected chi connectivity index (χ3v) is 6.30. The first kappa shape index (κ1) is 19.3. The van der Waals surface area contributed by atoms with Crippen molar-refractivity contribution in [2.75, 3.05) is 39.8 Å². The van der Waals surface area contributed by atoms with Crippen molar-refractivity contribution in [2.45, 2.75) is 25.7 Å². The van der Waals surface area contributed by atoms with Crippen molar-refractivity contribution in [3.8, 4) is 11.4 Å². The molecule has 2 aliphatic rings. The Hall–Kier alpha value is -1.98. The molecular formula is C22H28ClN3O2. The van der Waals surface area contributed by atoms with Crippen LogP contribution in [0, 0.1) is 5.92 Å². The van der Waals surface area contributed by atoms with Crippen molar-refractivity contribution >= 4 is 17.5 Å². The van der Waals surface area contributed by atoms with Gasteiger partial charge in [0.05, 0.1) is 23.4 Å². The average molecular weight is 402 g/mol. The number of amides is 1. The number of hydrogen-bond acceptors (Lipinski definition) is 3. The number of nitrogens with zero attached hydrogens (tertiary/aromatic N) is 3. The molecule has 0 bridgehead atoms. The maximum Gasteiger partial charge on any atom is 0.257 e. The predicted octanol–water partition coefficient (Wildman–Crippen LogP) is 4.09. The first-order valence-corrected chi connectivity index (χ1v) is 10.6. The molecule has 0 N–H and O–H groups in total. The fraction of sp³-hybridized carbons (Fsp3) is 0.500. The van der Waals surface area contributed by atoms with Gasteiger partial charge in [-0.1, -0.05) is 11.6 Å². The van der Waals surface area contributed by atoms with Gasteiger partial charge >= 0.3 is 0 Å². The van der Waals surface area contributed by atoms with Crippen LogP contribution in [0.15, 0.2) is 36.7 Å². The SMILES string of the molecule is COc1cc(-n2cccc2)c(Cl)cc1C(=O)N1CCC(CN2CCCC2)CC1. The van der Waals surface area contributed by atoms with Crippen LogP contribution in [0.4, 0.5) is 0 Å². The number of benzene rings is 1. The molecule has 0 spiro atoms. The van der Waals surface area contributed by atoms with Gasteiger partial charge < -0.3 is 19.1 Å². The molecule has 4 rings (SSSR count). The maximum atomic E-state index is 13.2. The molecule has 6 heteroatoms. The van der Waals surface area contributed by atoms with Gasteiger partial charge in [-0.3, -0.25) is 4.79 Å². The van der Waals surface area contributed by atoms with E-state index in [1.165, 1.54) is 32.5 Å². The summed E-state index contributed by atoms with van der Waals surface area (Å²) in [4.78, 5) is 17.7. The van der Waals surface area contributed by atoms with E-state index in [0.29, 0.717) is 22.3 Å². The van der Waals surface area contributed by atoms with Crippen LogP contribution in [0.2, 0.25) is 5.02 Å². The van der Waals surface area contributed by atoms with Crippen LogP contribution in [0.1, 0.15) is 36.0 Å². The van der Waals surface area contributed by atoms with Gasteiger partial charge in [0, 0.05) is 38.1 Å². The first-order chi connectivity index (χ1) is 13.7. The molecular weight excluding hydrogens is 374 g/mol. The van der Waals surface area contributed by atoms with Crippen molar-refractivity contribution < 1.29 is 9.53 Å². The summed E-state index contributed by atoms with van der Waals surface area (Å²) in [6.45, 7) is 5.27. The maximum absolute atomic E-state index is 13.2. The molecule has 1 amide bonds. The summed E-state index contributed by atoms with van der Waals surface area (Å²) >= 11 is 6.50. The monoisotopic (exact) mass is 401 g/mol. The Morgan fingerprint density at radius 1 is 1.11 bits per heavy atom. The number of rotatable bonds is 5. The van der Waals surface area contributed by atoms with E-state index < -0.39 is 0 Å². The van der Waals surface area contributed by atoms with Crippen LogP contribution in [-0.4, -0.2) is 60.1 Å². The highest BCUT2D eigenvalue weighted by Crippen LogP contribution is 2.32. The van der Waals surface area contributed by atoms with E-state index in [2.05, 4.69) is 4.90 Å². The van der Waals surface area contributed by atoms with Crippen LogP contribution < -0.4 is 4.74 Å². The second kappa shape index (κ2) is 8.58. The van der Waals surface area contributed by atoms with Crippen LogP contribution in [0.3, 0.4) is 0 Å². The second-order valence-electron chi connectivity index (χ2n) is 7.84. The Kier molecular flexibility index (Phi) is 5.93. The average Bonchev–Trinajstić information content (AvgIpc) is 3.42. The Morgan fingerprint density at radius 3 is 2.43 bits per heavy atom. The highest BCUT2D eigenvalue weighted by atomic mass is 35.5. The molecule has 0 unspecified atom stereocenters. The smallest absolute Gasteiger partial charge is 0.257 e. The predicted molar refractivity (Wildman–Crippen MR) is 112 cm³/mol. The first-order valence-electron chi connectivity index (χ1n) is 10.2. The molecule has 3 heterocycles.